The highest BCUT2D eigenvalue weighted by Crippen LogP contribution is 2.33. The number of aromatic nitrogens is 3. The average Bonchev–Trinajstić information content (AvgIpc) is 3.29. The summed E-state index contributed by atoms with van der Waals surface area (Å²) in [4.78, 5) is 6.89. The third-order valence-electron chi connectivity index (χ3n) is 4.42. The molecular weight excluding hydrogens is 288 g/mol. The van der Waals surface area contributed by atoms with Crippen LogP contribution in [0.2, 0.25) is 0 Å². The predicted molar refractivity (Wildman–Crippen MR) is 87.5 cm³/mol. The predicted octanol–water partition coefficient (Wildman–Crippen LogP) is 3.41. The molecule has 1 aliphatic heterocycles. The van der Waals surface area contributed by atoms with Crippen molar-refractivity contribution < 1.29 is 4.42 Å². The Morgan fingerprint density at radius 2 is 2.09 bits per heavy atom. The van der Waals surface area contributed by atoms with E-state index in [1.165, 1.54) is 12.0 Å². The van der Waals surface area contributed by atoms with Crippen LogP contribution in [0.25, 0.3) is 11.3 Å². The van der Waals surface area contributed by atoms with Crippen molar-refractivity contribution >= 4 is 0 Å². The topological polar surface area (TPSA) is 47.1 Å². The van der Waals surface area contributed by atoms with Gasteiger partial charge in [-0.25, -0.2) is 4.98 Å². The molecule has 5 heteroatoms. The van der Waals surface area contributed by atoms with Crippen LogP contribution in [0, 0.1) is 0 Å². The number of likely N-dealkylation sites (tertiary alicyclic amines) is 1. The summed E-state index contributed by atoms with van der Waals surface area (Å²) in [5.41, 5.74) is 2.34. The summed E-state index contributed by atoms with van der Waals surface area (Å²) < 4.78 is 7.81. The van der Waals surface area contributed by atoms with Crippen LogP contribution in [-0.4, -0.2) is 26.2 Å². The van der Waals surface area contributed by atoms with Gasteiger partial charge in [0.15, 0.2) is 5.76 Å². The van der Waals surface area contributed by atoms with Crippen molar-refractivity contribution in [3.05, 3.63) is 60.4 Å². The molecule has 0 unspecified atom stereocenters. The molecule has 1 aromatic carbocycles. The SMILES string of the molecule is Cn1cc([C@H]2CCCN2Cc2ncc(-c3ccccc3)o2)cn1. The van der Waals surface area contributed by atoms with Crippen LogP contribution in [0.4, 0.5) is 0 Å². The van der Waals surface area contributed by atoms with E-state index in [4.69, 9.17) is 4.42 Å². The molecule has 0 bridgehead atoms. The fourth-order valence-corrected chi connectivity index (χ4v) is 3.30. The number of oxazole rings is 1. The van der Waals surface area contributed by atoms with E-state index in [0.717, 1.165) is 36.7 Å². The minimum atomic E-state index is 0.413. The van der Waals surface area contributed by atoms with Gasteiger partial charge in [0.1, 0.15) is 0 Å². The minimum Gasteiger partial charge on any atom is -0.439 e. The summed E-state index contributed by atoms with van der Waals surface area (Å²) in [5, 5.41) is 4.30. The van der Waals surface area contributed by atoms with E-state index in [0.29, 0.717) is 6.04 Å². The van der Waals surface area contributed by atoms with E-state index in [2.05, 4.69) is 21.2 Å². The van der Waals surface area contributed by atoms with E-state index in [1.54, 1.807) is 0 Å². The molecule has 0 radical (unpaired) electrons. The van der Waals surface area contributed by atoms with Crippen LogP contribution in [0.15, 0.2) is 53.3 Å². The standard InChI is InChI=1S/C18H20N4O/c1-21-12-15(10-20-21)16-8-5-9-22(16)13-18-19-11-17(23-18)14-6-3-2-4-7-14/h2-4,6-7,10-12,16H,5,8-9,13H2,1H3/t16-/m1/s1. The van der Waals surface area contributed by atoms with E-state index in [-0.39, 0.29) is 0 Å². The highest BCUT2D eigenvalue weighted by atomic mass is 16.4. The second kappa shape index (κ2) is 6.01. The van der Waals surface area contributed by atoms with Crippen molar-refractivity contribution in [2.45, 2.75) is 25.4 Å². The van der Waals surface area contributed by atoms with Crippen LogP contribution in [-0.2, 0) is 13.6 Å². The van der Waals surface area contributed by atoms with Gasteiger partial charge in [0.05, 0.1) is 18.9 Å². The van der Waals surface area contributed by atoms with Gasteiger partial charge < -0.3 is 4.42 Å². The van der Waals surface area contributed by atoms with Gasteiger partial charge in [-0.3, -0.25) is 9.58 Å². The molecule has 1 saturated heterocycles. The Bertz CT molecular complexity index is 777. The first-order chi connectivity index (χ1) is 11.3. The Hall–Kier alpha value is -2.40. The lowest BCUT2D eigenvalue weighted by atomic mass is 10.1. The summed E-state index contributed by atoms with van der Waals surface area (Å²) in [7, 11) is 1.96. The van der Waals surface area contributed by atoms with Crippen LogP contribution in [0.5, 0.6) is 0 Å². The Morgan fingerprint density at radius 1 is 1.22 bits per heavy atom. The van der Waals surface area contributed by atoms with Gasteiger partial charge >= 0.3 is 0 Å². The Morgan fingerprint density at radius 3 is 2.87 bits per heavy atom. The van der Waals surface area contributed by atoms with Gasteiger partial charge in [0.25, 0.3) is 0 Å². The van der Waals surface area contributed by atoms with E-state index >= 15 is 0 Å². The smallest absolute Gasteiger partial charge is 0.209 e. The first-order valence-corrected chi connectivity index (χ1v) is 8.02. The normalized spacial score (nSPS) is 18.6. The Balaban J connectivity index is 1.50. The van der Waals surface area contributed by atoms with E-state index in [9.17, 15) is 0 Å². The molecule has 4 rings (SSSR count). The van der Waals surface area contributed by atoms with Crippen molar-refractivity contribution in [3.63, 3.8) is 0 Å². The molecule has 118 valence electrons. The highest BCUT2D eigenvalue weighted by molar-refractivity contribution is 5.55. The Kier molecular flexibility index (Phi) is 3.71. The van der Waals surface area contributed by atoms with Crippen molar-refractivity contribution in [2.75, 3.05) is 6.54 Å². The van der Waals surface area contributed by atoms with E-state index in [1.807, 2.05) is 54.5 Å². The molecular formula is C18H20N4O. The molecule has 0 saturated carbocycles. The quantitative estimate of drug-likeness (QED) is 0.741. The van der Waals surface area contributed by atoms with Crippen LogP contribution < -0.4 is 0 Å². The average molecular weight is 308 g/mol. The number of aryl methyl sites for hydroxylation is 1. The van der Waals surface area contributed by atoms with Crippen LogP contribution in [0.1, 0.15) is 30.3 Å². The summed E-state index contributed by atoms with van der Waals surface area (Å²) in [6.45, 7) is 1.81. The molecule has 23 heavy (non-hydrogen) atoms. The summed E-state index contributed by atoms with van der Waals surface area (Å²) in [6, 6.07) is 10.5. The molecule has 3 heterocycles. The third kappa shape index (κ3) is 2.92. The molecule has 2 aromatic heterocycles. The maximum Gasteiger partial charge on any atom is 0.209 e. The Labute approximate surface area is 135 Å². The number of benzene rings is 1. The van der Waals surface area contributed by atoms with Crippen molar-refractivity contribution in [1.82, 2.24) is 19.7 Å². The van der Waals surface area contributed by atoms with Crippen LogP contribution >= 0.6 is 0 Å². The molecule has 1 aliphatic rings. The molecule has 1 atom stereocenters. The second-order valence-corrected chi connectivity index (χ2v) is 6.06. The lowest BCUT2D eigenvalue weighted by Crippen LogP contribution is -2.22. The minimum absolute atomic E-state index is 0.413. The number of rotatable bonds is 4. The first kappa shape index (κ1) is 14.2. The van der Waals surface area contributed by atoms with Crippen molar-refractivity contribution in [1.29, 1.82) is 0 Å². The fourth-order valence-electron chi connectivity index (χ4n) is 3.30. The number of nitrogens with zero attached hydrogens (tertiary/aromatic N) is 4. The van der Waals surface area contributed by atoms with E-state index < -0.39 is 0 Å². The largest absolute Gasteiger partial charge is 0.439 e. The van der Waals surface area contributed by atoms with Crippen molar-refractivity contribution in [2.24, 2.45) is 7.05 Å². The van der Waals surface area contributed by atoms with Gasteiger partial charge in [0.2, 0.25) is 5.89 Å². The molecule has 0 spiro atoms. The molecule has 3 aromatic rings. The highest BCUT2D eigenvalue weighted by Gasteiger charge is 2.28. The maximum absolute atomic E-state index is 5.95. The molecule has 5 nitrogen and oxygen atoms in total. The van der Waals surface area contributed by atoms with Gasteiger partial charge in [-0.1, -0.05) is 30.3 Å². The second-order valence-electron chi connectivity index (χ2n) is 6.06. The first-order valence-electron chi connectivity index (χ1n) is 8.02. The molecule has 0 amide bonds. The summed E-state index contributed by atoms with van der Waals surface area (Å²) in [6.07, 6.45) is 8.26. The molecule has 1 fully saturated rings. The van der Waals surface area contributed by atoms with Gasteiger partial charge in [-0.15, -0.1) is 0 Å². The zero-order chi connectivity index (χ0) is 15.6. The summed E-state index contributed by atoms with van der Waals surface area (Å²) >= 11 is 0. The van der Waals surface area contributed by atoms with Gasteiger partial charge in [-0.2, -0.15) is 5.10 Å². The lowest BCUT2D eigenvalue weighted by Gasteiger charge is -2.21. The molecule has 0 N–H and O–H groups in total. The zero-order valence-electron chi connectivity index (χ0n) is 13.2. The van der Waals surface area contributed by atoms with Crippen molar-refractivity contribution in [3.8, 4) is 11.3 Å². The van der Waals surface area contributed by atoms with Gasteiger partial charge in [0, 0.05) is 30.4 Å². The zero-order valence-corrected chi connectivity index (χ0v) is 13.2. The fraction of sp³-hybridized carbons (Fsp3) is 0.333. The van der Waals surface area contributed by atoms with Crippen LogP contribution in [0.3, 0.4) is 0 Å². The summed E-state index contributed by atoms with van der Waals surface area (Å²) in [5.74, 6) is 1.61. The lowest BCUT2D eigenvalue weighted by molar-refractivity contribution is 0.224. The maximum atomic E-state index is 5.95. The molecule has 0 aliphatic carbocycles. The number of hydrogen-bond acceptors (Lipinski definition) is 4. The third-order valence-corrected chi connectivity index (χ3v) is 4.42. The van der Waals surface area contributed by atoms with Gasteiger partial charge in [-0.05, 0) is 19.4 Å². The number of hydrogen-bond donors (Lipinski definition) is 0. The monoisotopic (exact) mass is 308 g/mol.